The van der Waals surface area contributed by atoms with Gasteiger partial charge in [0.25, 0.3) is 5.91 Å². The number of carbonyl (C=O) groups excluding carboxylic acids is 1. The minimum absolute atomic E-state index is 0.0681. The lowest BCUT2D eigenvalue weighted by Gasteiger charge is -2.09. The molecule has 2 rings (SSSR count). The smallest absolute Gasteiger partial charge is 0.262 e. The van der Waals surface area contributed by atoms with Crippen LogP contribution in [0, 0.1) is 5.82 Å². The fraction of sp³-hybridized carbons (Fsp3) is 0.133. The van der Waals surface area contributed by atoms with Gasteiger partial charge in [0.15, 0.2) is 6.61 Å². The number of benzene rings is 2. The van der Waals surface area contributed by atoms with Crippen molar-refractivity contribution in [1.82, 2.24) is 0 Å². The van der Waals surface area contributed by atoms with Gasteiger partial charge in [-0.25, -0.2) is 4.39 Å². The van der Waals surface area contributed by atoms with Gasteiger partial charge >= 0.3 is 0 Å². The van der Waals surface area contributed by atoms with E-state index in [2.05, 4.69) is 10.6 Å². The van der Waals surface area contributed by atoms with Gasteiger partial charge in [-0.05, 0) is 42.5 Å². The lowest BCUT2D eigenvalue weighted by molar-refractivity contribution is -0.118. The molecule has 0 atom stereocenters. The summed E-state index contributed by atoms with van der Waals surface area (Å²) >= 11 is 5.64. The third kappa shape index (κ3) is 4.36. The molecule has 6 heteroatoms. The standard InChI is InChI=1S/C15H14ClFN2O2/c1-18-11-3-5-12(6-4-11)21-9-15(20)19-14-7-2-10(16)8-13(14)17/h2-8,18H,9H2,1H3,(H,19,20). The van der Waals surface area contributed by atoms with Crippen LogP contribution in [0.25, 0.3) is 0 Å². The van der Waals surface area contributed by atoms with Crippen molar-refractivity contribution in [1.29, 1.82) is 0 Å². The second-order valence-corrected chi connectivity index (χ2v) is 4.67. The van der Waals surface area contributed by atoms with Crippen LogP contribution >= 0.6 is 11.6 Å². The van der Waals surface area contributed by atoms with Crippen molar-refractivity contribution < 1.29 is 13.9 Å². The minimum Gasteiger partial charge on any atom is -0.484 e. The first-order valence-corrected chi connectivity index (χ1v) is 6.62. The Kier molecular flexibility index (Phi) is 5.00. The van der Waals surface area contributed by atoms with Gasteiger partial charge in [-0.2, -0.15) is 0 Å². The predicted octanol–water partition coefficient (Wildman–Crippen LogP) is 3.54. The molecular weight excluding hydrogens is 295 g/mol. The molecule has 0 unspecified atom stereocenters. The molecule has 0 aliphatic rings. The highest BCUT2D eigenvalue weighted by Crippen LogP contribution is 2.19. The molecule has 0 aliphatic carbocycles. The van der Waals surface area contributed by atoms with E-state index < -0.39 is 11.7 Å². The summed E-state index contributed by atoms with van der Waals surface area (Å²) < 4.78 is 18.8. The molecule has 0 saturated carbocycles. The van der Waals surface area contributed by atoms with E-state index in [9.17, 15) is 9.18 Å². The van der Waals surface area contributed by atoms with Crippen molar-refractivity contribution in [2.45, 2.75) is 0 Å². The normalized spacial score (nSPS) is 10.0. The van der Waals surface area contributed by atoms with Gasteiger partial charge in [0.05, 0.1) is 5.69 Å². The molecule has 0 radical (unpaired) electrons. The lowest BCUT2D eigenvalue weighted by atomic mass is 10.3. The molecule has 4 nitrogen and oxygen atoms in total. The molecule has 1 amide bonds. The topological polar surface area (TPSA) is 50.4 Å². The van der Waals surface area contributed by atoms with E-state index in [1.807, 2.05) is 19.2 Å². The van der Waals surface area contributed by atoms with Crippen LogP contribution in [0.3, 0.4) is 0 Å². The average molecular weight is 309 g/mol. The van der Waals surface area contributed by atoms with Gasteiger partial charge in [-0.3, -0.25) is 4.79 Å². The lowest BCUT2D eigenvalue weighted by Crippen LogP contribution is -2.20. The van der Waals surface area contributed by atoms with Crippen LogP contribution < -0.4 is 15.4 Å². The van der Waals surface area contributed by atoms with Gasteiger partial charge in [0.1, 0.15) is 11.6 Å². The molecule has 21 heavy (non-hydrogen) atoms. The summed E-state index contributed by atoms with van der Waals surface area (Å²) in [6.45, 7) is -0.207. The maximum absolute atomic E-state index is 13.5. The van der Waals surface area contributed by atoms with Crippen LogP contribution in [0.4, 0.5) is 15.8 Å². The zero-order valence-corrected chi connectivity index (χ0v) is 12.1. The first-order chi connectivity index (χ1) is 10.1. The number of amides is 1. The maximum Gasteiger partial charge on any atom is 0.262 e. The second kappa shape index (κ2) is 6.95. The summed E-state index contributed by atoms with van der Waals surface area (Å²) in [5.41, 5.74) is 1.01. The fourth-order valence-electron chi connectivity index (χ4n) is 1.64. The number of anilines is 2. The Balaban J connectivity index is 1.89. The monoisotopic (exact) mass is 308 g/mol. The Morgan fingerprint density at radius 1 is 1.24 bits per heavy atom. The van der Waals surface area contributed by atoms with Crippen molar-refractivity contribution in [2.24, 2.45) is 0 Å². The Morgan fingerprint density at radius 2 is 1.95 bits per heavy atom. The zero-order chi connectivity index (χ0) is 15.2. The summed E-state index contributed by atoms with van der Waals surface area (Å²) in [5.74, 6) is -0.483. The highest BCUT2D eigenvalue weighted by molar-refractivity contribution is 6.30. The number of hydrogen-bond acceptors (Lipinski definition) is 3. The minimum atomic E-state index is -0.589. The highest BCUT2D eigenvalue weighted by Gasteiger charge is 2.08. The number of halogens is 2. The molecule has 2 N–H and O–H groups in total. The molecule has 0 aromatic heterocycles. The Labute approximate surface area is 126 Å². The third-order valence-electron chi connectivity index (χ3n) is 2.72. The molecule has 0 heterocycles. The average Bonchev–Trinajstić information content (AvgIpc) is 2.48. The van der Waals surface area contributed by atoms with Gasteiger partial charge in [0.2, 0.25) is 0 Å². The van der Waals surface area contributed by atoms with Crippen LogP contribution in [0.1, 0.15) is 0 Å². The van der Waals surface area contributed by atoms with Crippen LogP contribution in [-0.2, 0) is 4.79 Å². The summed E-state index contributed by atoms with van der Waals surface area (Å²) in [6, 6.07) is 11.2. The second-order valence-electron chi connectivity index (χ2n) is 4.24. The number of nitrogens with one attached hydrogen (secondary N) is 2. The number of hydrogen-bond donors (Lipinski definition) is 2. The van der Waals surface area contributed by atoms with Crippen LogP contribution in [0.15, 0.2) is 42.5 Å². The zero-order valence-electron chi connectivity index (χ0n) is 11.3. The van der Waals surface area contributed by atoms with Gasteiger partial charge in [-0.1, -0.05) is 11.6 Å². The number of rotatable bonds is 5. The Hall–Kier alpha value is -2.27. The van der Waals surface area contributed by atoms with Crippen LogP contribution in [0.2, 0.25) is 5.02 Å². The van der Waals surface area contributed by atoms with Crippen molar-refractivity contribution in [2.75, 3.05) is 24.3 Å². The van der Waals surface area contributed by atoms with Crippen molar-refractivity contribution in [3.63, 3.8) is 0 Å². The largest absolute Gasteiger partial charge is 0.484 e. The van der Waals surface area contributed by atoms with E-state index in [0.29, 0.717) is 5.75 Å². The van der Waals surface area contributed by atoms with Crippen LogP contribution in [-0.4, -0.2) is 19.6 Å². The summed E-state index contributed by atoms with van der Waals surface area (Å²) in [6.07, 6.45) is 0. The van der Waals surface area contributed by atoms with Gasteiger partial charge in [-0.15, -0.1) is 0 Å². The molecule has 0 bridgehead atoms. The summed E-state index contributed by atoms with van der Waals surface area (Å²) in [7, 11) is 1.81. The van der Waals surface area contributed by atoms with E-state index in [1.54, 1.807) is 12.1 Å². The predicted molar refractivity (Wildman–Crippen MR) is 81.5 cm³/mol. The Morgan fingerprint density at radius 3 is 2.57 bits per heavy atom. The molecule has 2 aromatic rings. The van der Waals surface area contributed by atoms with Gasteiger partial charge in [0, 0.05) is 17.8 Å². The molecule has 0 saturated heterocycles. The molecule has 2 aromatic carbocycles. The quantitative estimate of drug-likeness (QED) is 0.888. The maximum atomic E-state index is 13.5. The van der Waals surface area contributed by atoms with E-state index in [1.165, 1.54) is 12.1 Å². The molecule has 110 valence electrons. The summed E-state index contributed by atoms with van der Waals surface area (Å²) in [4.78, 5) is 11.7. The molecule has 0 fully saturated rings. The SMILES string of the molecule is CNc1ccc(OCC(=O)Nc2ccc(Cl)cc2F)cc1. The van der Waals surface area contributed by atoms with Crippen molar-refractivity contribution >= 4 is 28.9 Å². The first-order valence-electron chi connectivity index (χ1n) is 6.24. The van der Waals surface area contributed by atoms with E-state index in [0.717, 1.165) is 11.8 Å². The summed E-state index contributed by atoms with van der Waals surface area (Å²) in [5, 5.41) is 5.67. The van der Waals surface area contributed by atoms with Crippen molar-refractivity contribution in [3.8, 4) is 5.75 Å². The first kappa shape index (κ1) is 15.1. The Bertz CT molecular complexity index is 632. The number of carbonyl (C=O) groups is 1. The molecular formula is C15H14ClFN2O2. The van der Waals surface area contributed by atoms with Crippen LogP contribution in [0.5, 0.6) is 5.75 Å². The molecule has 0 aliphatic heterocycles. The molecule has 0 spiro atoms. The van der Waals surface area contributed by atoms with E-state index in [-0.39, 0.29) is 17.3 Å². The highest BCUT2D eigenvalue weighted by atomic mass is 35.5. The van der Waals surface area contributed by atoms with Gasteiger partial charge < -0.3 is 15.4 Å². The fourth-order valence-corrected chi connectivity index (χ4v) is 1.80. The third-order valence-corrected chi connectivity index (χ3v) is 2.95. The van der Waals surface area contributed by atoms with E-state index in [4.69, 9.17) is 16.3 Å². The number of ether oxygens (including phenoxy) is 1. The van der Waals surface area contributed by atoms with Crippen molar-refractivity contribution in [3.05, 3.63) is 53.3 Å². The van der Waals surface area contributed by atoms with E-state index >= 15 is 0 Å².